The quantitative estimate of drug-likeness (QED) is 0.462. The zero-order valence-corrected chi connectivity index (χ0v) is 14.2. The van der Waals surface area contributed by atoms with E-state index < -0.39 is 0 Å². The average Bonchev–Trinajstić information content (AvgIpc) is 2.72. The fourth-order valence-electron chi connectivity index (χ4n) is 2.28. The Kier molecular flexibility index (Phi) is 6.00. The van der Waals surface area contributed by atoms with Gasteiger partial charge in [0.2, 0.25) is 0 Å². The van der Waals surface area contributed by atoms with Gasteiger partial charge in [0.1, 0.15) is 19.0 Å². The number of hydrogen-bond donors (Lipinski definition) is 0. The van der Waals surface area contributed by atoms with Gasteiger partial charge in [0.25, 0.3) is 0 Å². The summed E-state index contributed by atoms with van der Waals surface area (Å²) in [6, 6.07) is 27.0. The topological polar surface area (TPSA) is 54.6 Å². The first-order chi connectivity index (χ1) is 12.8. The van der Waals surface area contributed by atoms with Gasteiger partial charge in [0.05, 0.1) is 17.8 Å². The number of oxime groups is 1. The van der Waals surface area contributed by atoms with Crippen LogP contribution in [0.1, 0.15) is 22.3 Å². The minimum atomic E-state index is 0.362. The first-order valence-electron chi connectivity index (χ1n) is 8.25. The molecule has 0 aliphatic rings. The minimum Gasteiger partial charge on any atom is -0.489 e. The average molecular weight is 342 g/mol. The molecule has 3 aromatic carbocycles. The van der Waals surface area contributed by atoms with E-state index in [0.717, 1.165) is 22.4 Å². The molecule has 4 heteroatoms. The molecule has 0 heterocycles. The fourth-order valence-corrected chi connectivity index (χ4v) is 2.28. The van der Waals surface area contributed by atoms with Gasteiger partial charge in [0, 0.05) is 0 Å². The van der Waals surface area contributed by atoms with E-state index in [1.165, 1.54) is 0 Å². The molecular weight excluding hydrogens is 324 g/mol. The van der Waals surface area contributed by atoms with Gasteiger partial charge in [-0.05, 0) is 53.1 Å². The van der Waals surface area contributed by atoms with Crippen molar-refractivity contribution in [2.45, 2.75) is 13.2 Å². The highest BCUT2D eigenvalue weighted by Gasteiger charge is 1.97. The Balaban J connectivity index is 1.46. The summed E-state index contributed by atoms with van der Waals surface area (Å²) < 4.78 is 5.75. The second-order valence-electron chi connectivity index (χ2n) is 5.66. The summed E-state index contributed by atoms with van der Waals surface area (Å²) in [7, 11) is 0. The molecule has 0 radical (unpaired) electrons. The molecule has 0 bridgehead atoms. The first kappa shape index (κ1) is 17.2. The maximum Gasteiger partial charge on any atom is 0.142 e. The van der Waals surface area contributed by atoms with Crippen LogP contribution in [-0.2, 0) is 18.1 Å². The van der Waals surface area contributed by atoms with Crippen LogP contribution >= 0.6 is 0 Å². The summed E-state index contributed by atoms with van der Waals surface area (Å²) in [6.45, 7) is 0.905. The van der Waals surface area contributed by atoms with Gasteiger partial charge in [0.15, 0.2) is 0 Å². The van der Waals surface area contributed by atoms with E-state index in [2.05, 4.69) is 11.2 Å². The molecule has 0 unspecified atom stereocenters. The van der Waals surface area contributed by atoms with Crippen molar-refractivity contribution >= 4 is 6.21 Å². The normalized spacial score (nSPS) is 10.4. The van der Waals surface area contributed by atoms with Crippen molar-refractivity contribution < 1.29 is 9.57 Å². The van der Waals surface area contributed by atoms with Crippen molar-refractivity contribution in [3.63, 3.8) is 0 Å². The summed E-state index contributed by atoms with van der Waals surface area (Å²) >= 11 is 0. The van der Waals surface area contributed by atoms with Crippen LogP contribution in [0.3, 0.4) is 0 Å². The van der Waals surface area contributed by atoms with E-state index in [1.807, 2.05) is 66.7 Å². The minimum absolute atomic E-state index is 0.362. The number of benzene rings is 3. The van der Waals surface area contributed by atoms with Crippen molar-refractivity contribution in [3.05, 3.63) is 101 Å². The van der Waals surface area contributed by atoms with Crippen molar-refractivity contribution in [1.82, 2.24) is 0 Å². The van der Waals surface area contributed by atoms with Crippen LogP contribution in [-0.4, -0.2) is 6.21 Å². The number of ether oxygens (including phenoxy) is 1. The Labute approximate surface area is 152 Å². The molecule has 0 saturated heterocycles. The predicted octanol–water partition coefficient (Wildman–Crippen LogP) is 4.69. The highest BCUT2D eigenvalue weighted by Crippen LogP contribution is 2.13. The molecule has 128 valence electrons. The van der Waals surface area contributed by atoms with Gasteiger partial charge in [-0.25, -0.2) is 0 Å². The summed E-state index contributed by atoms with van der Waals surface area (Å²) in [6.07, 6.45) is 1.66. The maximum absolute atomic E-state index is 8.77. The van der Waals surface area contributed by atoms with E-state index in [4.69, 9.17) is 14.8 Å². The standard InChI is InChI=1S/C22H18N2O2/c23-14-18-6-8-21(9-7-18)17-26-24-15-19-10-12-22(13-11-19)25-16-20-4-2-1-3-5-20/h1-13,15H,16-17H2. The first-order valence-corrected chi connectivity index (χ1v) is 8.25. The summed E-state index contributed by atoms with van der Waals surface area (Å²) in [5, 5.41) is 12.7. The van der Waals surface area contributed by atoms with Gasteiger partial charge < -0.3 is 9.57 Å². The van der Waals surface area contributed by atoms with E-state index in [-0.39, 0.29) is 0 Å². The summed E-state index contributed by atoms with van der Waals surface area (Å²) in [5.74, 6) is 0.810. The van der Waals surface area contributed by atoms with Crippen molar-refractivity contribution in [1.29, 1.82) is 5.26 Å². The lowest BCUT2D eigenvalue weighted by atomic mass is 10.2. The van der Waals surface area contributed by atoms with E-state index >= 15 is 0 Å². The molecule has 0 amide bonds. The number of nitriles is 1. The zero-order chi connectivity index (χ0) is 18.0. The molecule has 26 heavy (non-hydrogen) atoms. The Morgan fingerprint density at radius 1 is 0.808 bits per heavy atom. The molecule has 0 fully saturated rings. The van der Waals surface area contributed by atoms with Gasteiger partial charge in [-0.3, -0.25) is 0 Å². The van der Waals surface area contributed by atoms with E-state index in [9.17, 15) is 0 Å². The van der Waals surface area contributed by atoms with E-state index in [1.54, 1.807) is 18.3 Å². The Morgan fingerprint density at radius 3 is 2.19 bits per heavy atom. The molecule has 0 N–H and O–H groups in total. The molecule has 0 aliphatic carbocycles. The molecule has 0 aliphatic heterocycles. The Morgan fingerprint density at radius 2 is 1.50 bits per heavy atom. The van der Waals surface area contributed by atoms with Gasteiger partial charge in [-0.15, -0.1) is 0 Å². The van der Waals surface area contributed by atoms with Gasteiger partial charge >= 0.3 is 0 Å². The summed E-state index contributed by atoms with van der Waals surface area (Å²) in [5.41, 5.74) is 3.66. The molecular formula is C22H18N2O2. The Bertz CT molecular complexity index is 880. The zero-order valence-electron chi connectivity index (χ0n) is 14.2. The SMILES string of the molecule is N#Cc1ccc(CON=Cc2ccc(OCc3ccccc3)cc2)cc1. The lowest BCUT2D eigenvalue weighted by Gasteiger charge is -2.06. The number of nitrogens with zero attached hydrogens (tertiary/aromatic N) is 2. The molecule has 3 rings (SSSR count). The monoisotopic (exact) mass is 342 g/mol. The second kappa shape index (κ2) is 9.05. The van der Waals surface area contributed by atoms with Crippen molar-refractivity contribution in [2.24, 2.45) is 5.16 Å². The van der Waals surface area contributed by atoms with Crippen LogP contribution in [0.25, 0.3) is 0 Å². The Hall–Kier alpha value is -3.58. The van der Waals surface area contributed by atoms with Crippen LogP contribution in [0.5, 0.6) is 5.75 Å². The third-order valence-corrected chi connectivity index (χ3v) is 3.72. The van der Waals surface area contributed by atoms with Crippen LogP contribution in [0.2, 0.25) is 0 Å². The van der Waals surface area contributed by atoms with Crippen LogP contribution in [0.15, 0.2) is 84.0 Å². The molecule has 0 spiro atoms. The van der Waals surface area contributed by atoms with Gasteiger partial charge in [-0.2, -0.15) is 5.26 Å². The third-order valence-electron chi connectivity index (χ3n) is 3.72. The highest BCUT2D eigenvalue weighted by molar-refractivity contribution is 5.79. The number of rotatable bonds is 7. The molecule has 0 atom stereocenters. The molecule has 0 aromatic heterocycles. The van der Waals surface area contributed by atoms with Crippen LogP contribution < -0.4 is 4.74 Å². The maximum atomic E-state index is 8.77. The third kappa shape index (κ3) is 5.22. The molecule has 4 nitrogen and oxygen atoms in total. The lowest BCUT2D eigenvalue weighted by molar-refractivity contribution is 0.132. The largest absolute Gasteiger partial charge is 0.489 e. The predicted molar refractivity (Wildman–Crippen MR) is 101 cm³/mol. The fraction of sp³-hybridized carbons (Fsp3) is 0.0909. The van der Waals surface area contributed by atoms with Crippen molar-refractivity contribution in [2.75, 3.05) is 0 Å². The highest BCUT2D eigenvalue weighted by atomic mass is 16.6. The second-order valence-corrected chi connectivity index (χ2v) is 5.66. The lowest BCUT2D eigenvalue weighted by Crippen LogP contribution is -1.95. The summed E-state index contributed by atoms with van der Waals surface area (Å²) in [4.78, 5) is 5.29. The van der Waals surface area contributed by atoms with Crippen LogP contribution in [0.4, 0.5) is 0 Å². The molecule has 0 saturated carbocycles. The van der Waals surface area contributed by atoms with Crippen LogP contribution in [0, 0.1) is 11.3 Å². The molecule has 3 aromatic rings. The number of hydrogen-bond acceptors (Lipinski definition) is 4. The van der Waals surface area contributed by atoms with Gasteiger partial charge in [-0.1, -0.05) is 47.6 Å². The van der Waals surface area contributed by atoms with Crippen molar-refractivity contribution in [3.8, 4) is 11.8 Å². The smallest absolute Gasteiger partial charge is 0.142 e. The van der Waals surface area contributed by atoms with E-state index in [0.29, 0.717) is 18.8 Å².